The van der Waals surface area contributed by atoms with Gasteiger partial charge in [-0.1, -0.05) is 20.8 Å². The van der Waals surface area contributed by atoms with Gasteiger partial charge in [-0.05, 0) is 12.3 Å². The van der Waals surface area contributed by atoms with Gasteiger partial charge in [0.15, 0.2) is 10.8 Å². The van der Waals surface area contributed by atoms with Crippen molar-refractivity contribution >= 4 is 16.5 Å². The van der Waals surface area contributed by atoms with Gasteiger partial charge < -0.3 is 9.64 Å². The van der Waals surface area contributed by atoms with Crippen molar-refractivity contribution in [3.8, 4) is 0 Å². The molecule has 0 aliphatic carbocycles. The van der Waals surface area contributed by atoms with E-state index in [1.165, 1.54) is 0 Å². The fourth-order valence-corrected chi connectivity index (χ4v) is 2.97. The van der Waals surface area contributed by atoms with Crippen molar-refractivity contribution in [1.82, 2.24) is 4.98 Å². The Morgan fingerprint density at radius 3 is 2.20 bits per heavy atom. The van der Waals surface area contributed by atoms with Crippen LogP contribution in [0.15, 0.2) is 0 Å². The molecule has 0 fully saturated rings. The molecule has 0 spiro atoms. The molecular formula is C13H21F3N2OS. The molecule has 1 aromatic heterocycles. The van der Waals surface area contributed by atoms with Gasteiger partial charge in [0.05, 0.1) is 6.61 Å². The highest BCUT2D eigenvalue weighted by Crippen LogP contribution is 2.42. The number of alkyl halides is 3. The Morgan fingerprint density at radius 1 is 1.25 bits per heavy atom. The SMILES string of the molecule is CCN(CCOC)c1nc(C(F)(F)F)c(C(C)(C)C)s1. The summed E-state index contributed by atoms with van der Waals surface area (Å²) in [6.07, 6.45) is -4.42. The van der Waals surface area contributed by atoms with E-state index in [2.05, 4.69) is 4.98 Å². The highest BCUT2D eigenvalue weighted by atomic mass is 32.1. The number of halogens is 3. The Kier molecular flexibility index (Phi) is 5.43. The zero-order valence-corrected chi connectivity index (χ0v) is 13.3. The van der Waals surface area contributed by atoms with Crippen LogP contribution in [0.4, 0.5) is 18.3 Å². The molecule has 0 radical (unpaired) electrons. The molecule has 7 heteroatoms. The fraction of sp³-hybridized carbons (Fsp3) is 0.769. The number of methoxy groups -OCH3 is 1. The van der Waals surface area contributed by atoms with Crippen LogP contribution in [0.1, 0.15) is 38.3 Å². The molecule has 0 N–H and O–H groups in total. The minimum Gasteiger partial charge on any atom is -0.383 e. The van der Waals surface area contributed by atoms with E-state index in [1.54, 1.807) is 32.8 Å². The van der Waals surface area contributed by atoms with Gasteiger partial charge in [0, 0.05) is 25.1 Å². The Hall–Kier alpha value is -0.820. The fourth-order valence-electron chi connectivity index (χ4n) is 1.74. The van der Waals surface area contributed by atoms with Crippen LogP contribution in [0, 0.1) is 0 Å². The van der Waals surface area contributed by atoms with Crippen molar-refractivity contribution in [3.63, 3.8) is 0 Å². The van der Waals surface area contributed by atoms with Crippen molar-refractivity contribution in [1.29, 1.82) is 0 Å². The Balaban J connectivity index is 3.20. The first-order chi connectivity index (χ1) is 9.11. The number of aromatic nitrogens is 1. The van der Waals surface area contributed by atoms with Crippen LogP contribution < -0.4 is 4.90 Å². The van der Waals surface area contributed by atoms with Crippen LogP contribution in [0.2, 0.25) is 0 Å². The van der Waals surface area contributed by atoms with Crippen molar-refractivity contribution in [2.24, 2.45) is 0 Å². The molecule has 0 saturated heterocycles. The lowest BCUT2D eigenvalue weighted by atomic mass is 9.93. The minimum atomic E-state index is -4.42. The lowest BCUT2D eigenvalue weighted by molar-refractivity contribution is -0.141. The number of ether oxygens (including phenoxy) is 1. The lowest BCUT2D eigenvalue weighted by Crippen LogP contribution is -2.26. The maximum Gasteiger partial charge on any atom is 0.434 e. The summed E-state index contributed by atoms with van der Waals surface area (Å²) < 4.78 is 44.3. The second-order valence-corrected chi connectivity index (χ2v) is 6.47. The van der Waals surface area contributed by atoms with Gasteiger partial charge >= 0.3 is 6.18 Å². The molecule has 0 amide bonds. The first-order valence-corrected chi connectivity index (χ1v) is 7.25. The van der Waals surface area contributed by atoms with Gasteiger partial charge in [0.2, 0.25) is 0 Å². The van der Waals surface area contributed by atoms with E-state index in [0.717, 1.165) is 11.3 Å². The summed E-state index contributed by atoms with van der Waals surface area (Å²) in [5.74, 6) is 0. The molecule has 0 bridgehead atoms. The molecule has 116 valence electrons. The van der Waals surface area contributed by atoms with E-state index in [4.69, 9.17) is 4.74 Å². The predicted octanol–water partition coefficient (Wildman–Crippen LogP) is 3.93. The van der Waals surface area contributed by atoms with Crippen LogP contribution in [-0.2, 0) is 16.3 Å². The third-order valence-corrected chi connectivity index (χ3v) is 4.33. The third kappa shape index (κ3) is 4.09. The number of hydrogen-bond donors (Lipinski definition) is 0. The van der Waals surface area contributed by atoms with Crippen molar-refractivity contribution in [2.45, 2.75) is 39.3 Å². The Bertz CT molecular complexity index is 406. The topological polar surface area (TPSA) is 25.4 Å². The van der Waals surface area contributed by atoms with E-state index >= 15 is 0 Å². The summed E-state index contributed by atoms with van der Waals surface area (Å²) in [7, 11) is 1.57. The van der Waals surface area contributed by atoms with Crippen LogP contribution in [0.3, 0.4) is 0 Å². The summed E-state index contributed by atoms with van der Waals surface area (Å²) in [5, 5.41) is 0.404. The molecule has 0 saturated carbocycles. The molecule has 1 aromatic rings. The quantitative estimate of drug-likeness (QED) is 0.824. The molecular weight excluding hydrogens is 289 g/mol. The van der Waals surface area contributed by atoms with Gasteiger partial charge in [0.25, 0.3) is 0 Å². The van der Waals surface area contributed by atoms with Crippen molar-refractivity contribution in [2.75, 3.05) is 31.7 Å². The van der Waals surface area contributed by atoms with E-state index in [0.29, 0.717) is 24.8 Å². The largest absolute Gasteiger partial charge is 0.434 e. The van der Waals surface area contributed by atoms with Gasteiger partial charge in [-0.3, -0.25) is 0 Å². The number of rotatable bonds is 5. The van der Waals surface area contributed by atoms with E-state index in [9.17, 15) is 13.2 Å². The first kappa shape index (κ1) is 17.2. The van der Waals surface area contributed by atoms with Crippen molar-refractivity contribution < 1.29 is 17.9 Å². The molecule has 0 aliphatic rings. The van der Waals surface area contributed by atoms with Crippen molar-refractivity contribution in [3.05, 3.63) is 10.6 Å². The molecule has 3 nitrogen and oxygen atoms in total. The monoisotopic (exact) mass is 310 g/mol. The normalized spacial score (nSPS) is 12.8. The van der Waals surface area contributed by atoms with E-state index in [1.807, 2.05) is 6.92 Å². The number of likely N-dealkylation sites (N-methyl/N-ethyl adjacent to an activating group) is 1. The second kappa shape index (κ2) is 6.30. The average Bonchev–Trinajstić information content (AvgIpc) is 2.74. The summed E-state index contributed by atoms with van der Waals surface area (Å²) in [6, 6.07) is 0. The Labute approximate surface area is 121 Å². The number of nitrogens with zero attached hydrogens (tertiary/aromatic N) is 2. The van der Waals surface area contributed by atoms with Gasteiger partial charge in [-0.2, -0.15) is 13.2 Å². The van der Waals surface area contributed by atoms with Crippen LogP contribution in [0.5, 0.6) is 0 Å². The summed E-state index contributed by atoms with van der Waals surface area (Å²) in [5.41, 5.74) is -1.34. The van der Waals surface area contributed by atoms with Crippen LogP contribution >= 0.6 is 11.3 Å². The van der Waals surface area contributed by atoms with Crippen LogP contribution in [0.25, 0.3) is 0 Å². The average molecular weight is 310 g/mol. The second-order valence-electron chi connectivity index (χ2n) is 5.49. The molecule has 0 aromatic carbocycles. The lowest BCUT2D eigenvalue weighted by Gasteiger charge is -2.19. The number of thiazole rings is 1. The molecule has 0 unspecified atom stereocenters. The van der Waals surface area contributed by atoms with E-state index in [-0.39, 0.29) is 4.88 Å². The zero-order chi connectivity index (χ0) is 15.6. The minimum absolute atomic E-state index is 0.274. The maximum absolute atomic E-state index is 13.1. The molecule has 20 heavy (non-hydrogen) atoms. The third-order valence-electron chi connectivity index (χ3n) is 2.78. The first-order valence-electron chi connectivity index (χ1n) is 6.43. The maximum atomic E-state index is 13.1. The number of anilines is 1. The summed E-state index contributed by atoms with van der Waals surface area (Å²) >= 11 is 1.12. The van der Waals surface area contributed by atoms with Gasteiger partial charge in [-0.15, -0.1) is 11.3 Å². The zero-order valence-electron chi connectivity index (χ0n) is 12.5. The molecule has 0 aliphatic heterocycles. The highest BCUT2D eigenvalue weighted by Gasteiger charge is 2.41. The van der Waals surface area contributed by atoms with E-state index < -0.39 is 17.3 Å². The van der Waals surface area contributed by atoms with Gasteiger partial charge in [-0.25, -0.2) is 4.98 Å². The summed E-state index contributed by atoms with van der Waals surface area (Å²) in [6.45, 7) is 8.78. The van der Waals surface area contributed by atoms with Gasteiger partial charge in [0.1, 0.15) is 0 Å². The molecule has 0 atom stereocenters. The predicted molar refractivity (Wildman–Crippen MR) is 75.6 cm³/mol. The van der Waals surface area contributed by atoms with Crippen LogP contribution in [-0.4, -0.2) is 31.8 Å². The number of hydrogen-bond acceptors (Lipinski definition) is 4. The molecule has 1 heterocycles. The Morgan fingerprint density at radius 2 is 1.85 bits per heavy atom. The summed E-state index contributed by atoms with van der Waals surface area (Å²) in [4.78, 5) is 5.91. The standard InChI is InChI=1S/C13H21F3N2OS/c1-6-18(7-8-19-5)11-17-9(13(14,15)16)10(20-11)12(2,3)4/h6-8H2,1-5H3. The highest BCUT2D eigenvalue weighted by molar-refractivity contribution is 7.15. The smallest absolute Gasteiger partial charge is 0.383 e. The molecule has 1 rings (SSSR count).